The number of likely N-dealkylation sites (tertiary alicyclic amines) is 1. The van der Waals surface area contributed by atoms with Gasteiger partial charge in [-0.05, 0) is 37.4 Å². The van der Waals surface area contributed by atoms with Crippen molar-refractivity contribution in [3.63, 3.8) is 0 Å². The smallest absolute Gasteiger partial charge is 0.238 e. The molecule has 1 aliphatic heterocycles. The predicted octanol–water partition coefficient (Wildman–Crippen LogP) is 2.61. The molecule has 22 heavy (non-hydrogen) atoms. The standard InChI is InChI=1S/C17H24N2O2S/c1-2-10-22-16-8-4-3-7-15(16)18-17(21)12-19-9-5-6-14(11-19)13-20/h2-4,7-8,14,20H,1,5-6,9-13H2,(H,18,21). The summed E-state index contributed by atoms with van der Waals surface area (Å²) in [4.78, 5) is 15.4. The van der Waals surface area contributed by atoms with Gasteiger partial charge in [-0.25, -0.2) is 0 Å². The number of anilines is 1. The molecule has 1 amide bonds. The van der Waals surface area contributed by atoms with E-state index in [1.165, 1.54) is 0 Å². The second-order valence-corrected chi connectivity index (χ2v) is 6.63. The molecule has 1 saturated heterocycles. The molecular weight excluding hydrogens is 296 g/mol. The molecule has 0 saturated carbocycles. The molecule has 1 heterocycles. The number of piperidine rings is 1. The summed E-state index contributed by atoms with van der Waals surface area (Å²) in [6.07, 6.45) is 3.95. The van der Waals surface area contributed by atoms with Gasteiger partial charge in [-0.3, -0.25) is 9.69 Å². The molecule has 1 aliphatic rings. The number of aliphatic hydroxyl groups excluding tert-OH is 1. The van der Waals surface area contributed by atoms with Crippen LogP contribution in [0.3, 0.4) is 0 Å². The molecule has 0 bridgehead atoms. The quantitative estimate of drug-likeness (QED) is 0.599. The molecule has 1 aromatic carbocycles. The number of nitrogens with one attached hydrogen (secondary N) is 1. The van der Waals surface area contributed by atoms with Crippen LogP contribution in [0.4, 0.5) is 5.69 Å². The Morgan fingerprint density at radius 2 is 2.32 bits per heavy atom. The van der Waals surface area contributed by atoms with Gasteiger partial charge in [0.05, 0.1) is 12.2 Å². The van der Waals surface area contributed by atoms with Crippen molar-refractivity contribution in [1.29, 1.82) is 0 Å². The fourth-order valence-corrected chi connectivity index (χ4v) is 3.43. The zero-order valence-electron chi connectivity index (χ0n) is 12.8. The summed E-state index contributed by atoms with van der Waals surface area (Å²) in [5.74, 6) is 1.12. The van der Waals surface area contributed by atoms with Gasteiger partial charge in [0.2, 0.25) is 5.91 Å². The highest BCUT2D eigenvalue weighted by molar-refractivity contribution is 7.99. The SMILES string of the molecule is C=CCSc1ccccc1NC(=O)CN1CCCC(CO)C1. The summed E-state index contributed by atoms with van der Waals surface area (Å²) in [5, 5.41) is 12.3. The minimum Gasteiger partial charge on any atom is -0.396 e. The van der Waals surface area contributed by atoms with Crippen LogP contribution in [0.25, 0.3) is 0 Å². The second-order valence-electron chi connectivity index (χ2n) is 5.57. The monoisotopic (exact) mass is 320 g/mol. The van der Waals surface area contributed by atoms with E-state index in [2.05, 4.69) is 16.8 Å². The first-order valence-corrected chi connectivity index (χ1v) is 8.67. The molecular formula is C17H24N2O2S. The van der Waals surface area contributed by atoms with Gasteiger partial charge in [-0.1, -0.05) is 18.2 Å². The average Bonchev–Trinajstić information content (AvgIpc) is 2.54. The number of carbonyl (C=O) groups is 1. The summed E-state index contributed by atoms with van der Waals surface area (Å²) in [6.45, 7) is 6.05. The van der Waals surface area contributed by atoms with Crippen molar-refractivity contribution >= 4 is 23.4 Å². The summed E-state index contributed by atoms with van der Waals surface area (Å²) in [5.41, 5.74) is 0.857. The highest BCUT2D eigenvalue weighted by Crippen LogP contribution is 2.27. The molecule has 2 rings (SSSR count). The topological polar surface area (TPSA) is 52.6 Å². The van der Waals surface area contributed by atoms with Gasteiger partial charge in [0.1, 0.15) is 0 Å². The summed E-state index contributed by atoms with van der Waals surface area (Å²) in [6, 6.07) is 7.83. The highest BCUT2D eigenvalue weighted by atomic mass is 32.2. The van der Waals surface area contributed by atoms with Gasteiger partial charge in [0.15, 0.2) is 0 Å². The van der Waals surface area contributed by atoms with E-state index < -0.39 is 0 Å². The lowest BCUT2D eigenvalue weighted by Gasteiger charge is -2.31. The van der Waals surface area contributed by atoms with Gasteiger partial charge in [-0.15, -0.1) is 18.3 Å². The number of hydrogen-bond donors (Lipinski definition) is 2. The molecule has 0 aliphatic carbocycles. The van der Waals surface area contributed by atoms with Crippen molar-refractivity contribution in [2.24, 2.45) is 5.92 Å². The summed E-state index contributed by atoms with van der Waals surface area (Å²) < 4.78 is 0. The third-order valence-electron chi connectivity index (χ3n) is 3.75. The Labute approximate surface area is 136 Å². The second kappa shape index (κ2) is 8.98. The molecule has 1 fully saturated rings. The number of amides is 1. The lowest BCUT2D eigenvalue weighted by molar-refractivity contribution is -0.117. The molecule has 0 radical (unpaired) electrons. The van der Waals surface area contributed by atoms with E-state index in [4.69, 9.17) is 0 Å². The number of nitrogens with zero attached hydrogens (tertiary/aromatic N) is 1. The van der Waals surface area contributed by atoms with Crippen LogP contribution < -0.4 is 5.32 Å². The zero-order chi connectivity index (χ0) is 15.8. The molecule has 1 unspecified atom stereocenters. The maximum atomic E-state index is 12.3. The van der Waals surface area contributed by atoms with E-state index in [0.29, 0.717) is 12.5 Å². The number of para-hydroxylation sites is 1. The van der Waals surface area contributed by atoms with Crippen molar-refractivity contribution < 1.29 is 9.90 Å². The molecule has 4 nitrogen and oxygen atoms in total. The fourth-order valence-electron chi connectivity index (χ4n) is 2.68. The molecule has 0 aromatic heterocycles. The Morgan fingerprint density at radius 1 is 1.50 bits per heavy atom. The van der Waals surface area contributed by atoms with Gasteiger partial charge in [0, 0.05) is 23.8 Å². The van der Waals surface area contributed by atoms with Gasteiger partial charge < -0.3 is 10.4 Å². The first kappa shape index (κ1) is 17.1. The average molecular weight is 320 g/mol. The number of hydrogen-bond acceptors (Lipinski definition) is 4. The van der Waals surface area contributed by atoms with Crippen LogP contribution in [0, 0.1) is 5.92 Å². The van der Waals surface area contributed by atoms with Gasteiger partial charge in [-0.2, -0.15) is 0 Å². The Bertz CT molecular complexity index is 507. The first-order chi connectivity index (χ1) is 10.7. The maximum absolute atomic E-state index is 12.3. The molecule has 5 heteroatoms. The van der Waals surface area contributed by atoms with E-state index in [0.717, 1.165) is 42.3 Å². The van der Waals surface area contributed by atoms with E-state index in [1.54, 1.807) is 11.8 Å². The predicted molar refractivity (Wildman–Crippen MR) is 92.2 cm³/mol. The van der Waals surface area contributed by atoms with Crippen LogP contribution in [0.5, 0.6) is 0 Å². The Kier molecular flexibility index (Phi) is 6.96. The van der Waals surface area contributed by atoms with Crippen LogP contribution in [0.1, 0.15) is 12.8 Å². The number of benzene rings is 1. The number of aliphatic hydroxyl groups is 1. The van der Waals surface area contributed by atoms with Crippen LogP contribution in [-0.4, -0.2) is 47.9 Å². The lowest BCUT2D eigenvalue weighted by Crippen LogP contribution is -2.41. The van der Waals surface area contributed by atoms with Crippen molar-refractivity contribution in [1.82, 2.24) is 4.90 Å². The van der Waals surface area contributed by atoms with E-state index in [9.17, 15) is 9.90 Å². The maximum Gasteiger partial charge on any atom is 0.238 e. The molecule has 1 atom stereocenters. The summed E-state index contributed by atoms with van der Waals surface area (Å²) in [7, 11) is 0. The van der Waals surface area contributed by atoms with Gasteiger partial charge in [0.25, 0.3) is 0 Å². The first-order valence-electron chi connectivity index (χ1n) is 7.68. The van der Waals surface area contributed by atoms with Crippen molar-refractivity contribution in [3.8, 4) is 0 Å². The normalized spacial score (nSPS) is 18.9. The Balaban J connectivity index is 1.90. The van der Waals surface area contributed by atoms with Crippen LogP contribution >= 0.6 is 11.8 Å². The number of carbonyl (C=O) groups excluding carboxylic acids is 1. The van der Waals surface area contributed by atoms with Crippen molar-refractivity contribution in [3.05, 3.63) is 36.9 Å². The van der Waals surface area contributed by atoms with Crippen LogP contribution in [0.2, 0.25) is 0 Å². The third-order valence-corrected chi connectivity index (χ3v) is 4.82. The van der Waals surface area contributed by atoms with Crippen molar-refractivity contribution in [2.75, 3.05) is 37.3 Å². The van der Waals surface area contributed by atoms with Gasteiger partial charge >= 0.3 is 0 Å². The third kappa shape index (κ3) is 5.16. The number of thioether (sulfide) groups is 1. The largest absolute Gasteiger partial charge is 0.396 e. The molecule has 2 N–H and O–H groups in total. The minimum absolute atomic E-state index is 0.00485. The fraction of sp³-hybridized carbons (Fsp3) is 0.471. The van der Waals surface area contributed by atoms with Crippen LogP contribution in [-0.2, 0) is 4.79 Å². The Hall–Kier alpha value is -1.30. The Morgan fingerprint density at radius 3 is 3.09 bits per heavy atom. The highest BCUT2D eigenvalue weighted by Gasteiger charge is 2.21. The van der Waals surface area contributed by atoms with E-state index in [1.807, 2.05) is 30.3 Å². The molecule has 120 valence electrons. The lowest BCUT2D eigenvalue weighted by atomic mass is 9.99. The zero-order valence-corrected chi connectivity index (χ0v) is 13.6. The van der Waals surface area contributed by atoms with E-state index >= 15 is 0 Å². The van der Waals surface area contributed by atoms with E-state index in [-0.39, 0.29) is 12.5 Å². The van der Waals surface area contributed by atoms with Crippen molar-refractivity contribution in [2.45, 2.75) is 17.7 Å². The minimum atomic E-state index is 0.00485. The molecule has 1 aromatic rings. The summed E-state index contributed by atoms with van der Waals surface area (Å²) >= 11 is 1.66. The molecule has 0 spiro atoms. The number of rotatable bonds is 7. The van der Waals surface area contributed by atoms with Crippen LogP contribution in [0.15, 0.2) is 41.8 Å².